The minimum absolute atomic E-state index is 0.0162. The molecule has 0 amide bonds. The van der Waals surface area contributed by atoms with Crippen molar-refractivity contribution in [3.63, 3.8) is 0 Å². The molecule has 0 spiro atoms. The number of ether oxygens (including phenoxy) is 4. The molecule has 45 heavy (non-hydrogen) atoms. The second kappa shape index (κ2) is 19.1. The van der Waals surface area contributed by atoms with Crippen molar-refractivity contribution >= 4 is 87.8 Å². The molecule has 2 aromatic rings. The Morgan fingerprint density at radius 2 is 1.31 bits per heavy atom. The second-order valence-electron chi connectivity index (χ2n) is 9.27. The van der Waals surface area contributed by atoms with Crippen molar-refractivity contribution in [2.75, 3.05) is 39.6 Å². The van der Waals surface area contributed by atoms with E-state index >= 15 is 0 Å². The smallest absolute Gasteiger partial charge is 0.328 e. The van der Waals surface area contributed by atoms with Gasteiger partial charge in [0, 0.05) is 27.6 Å². The molecule has 0 fully saturated rings. The van der Waals surface area contributed by atoms with Crippen LogP contribution in [0.2, 0.25) is 0 Å². The zero-order chi connectivity index (χ0) is 33.7. The van der Waals surface area contributed by atoms with Gasteiger partial charge in [-0.2, -0.15) is 0 Å². The van der Waals surface area contributed by atoms with E-state index in [1.807, 2.05) is 6.92 Å². The fourth-order valence-electron chi connectivity index (χ4n) is 4.09. The summed E-state index contributed by atoms with van der Waals surface area (Å²) in [4.78, 5) is 23.3. The Morgan fingerprint density at radius 3 is 1.78 bits per heavy atom. The number of carbonyl (C=O) groups is 2. The van der Waals surface area contributed by atoms with Crippen LogP contribution in [0.25, 0.3) is 12.2 Å². The van der Waals surface area contributed by atoms with Crippen LogP contribution in [0.15, 0.2) is 45.4 Å². The van der Waals surface area contributed by atoms with E-state index in [1.165, 1.54) is 12.2 Å². The third-order valence-electron chi connectivity index (χ3n) is 6.13. The molecule has 0 aliphatic rings. The van der Waals surface area contributed by atoms with Gasteiger partial charge in [-0.05, 0) is 79.8 Å². The molecule has 16 heteroatoms. The zero-order valence-electron chi connectivity index (χ0n) is 23.7. The predicted octanol–water partition coefficient (Wildman–Crippen LogP) is 4.24. The van der Waals surface area contributed by atoms with Crippen LogP contribution >= 0.6 is 63.7 Å². The molecule has 0 aliphatic carbocycles. The molecule has 0 radical (unpaired) electrons. The molecule has 6 N–H and O–H groups in total. The minimum Gasteiger partial charge on any atom is -0.478 e. The van der Waals surface area contributed by atoms with Crippen LogP contribution in [0.1, 0.15) is 29.2 Å². The number of carboxylic acid groups (broad SMARTS) is 2. The molecule has 3 unspecified atom stereocenters. The van der Waals surface area contributed by atoms with E-state index in [0.717, 1.165) is 12.2 Å². The van der Waals surface area contributed by atoms with E-state index in [-0.39, 0.29) is 61.0 Å². The summed E-state index contributed by atoms with van der Waals surface area (Å²) < 4.78 is 21.6. The summed E-state index contributed by atoms with van der Waals surface area (Å²) in [5, 5.41) is 57.4. The number of benzene rings is 2. The molecule has 0 bridgehead atoms. The number of alkyl halides is 2. The Balaban J connectivity index is 2.81. The SMILES string of the molecule is CC(c1ccc(OC(O)COCCO)cc1)(c1c(Br)c(Br)c(OC(O)COCCO)c(C=CC(=O)O)c1C=CC(=O)O)C(Br)Br. The Kier molecular flexibility index (Phi) is 16.7. The lowest BCUT2D eigenvalue weighted by Crippen LogP contribution is -2.33. The molecule has 0 heterocycles. The van der Waals surface area contributed by atoms with E-state index in [0.29, 0.717) is 21.3 Å². The van der Waals surface area contributed by atoms with E-state index in [1.54, 1.807) is 24.3 Å². The highest BCUT2D eigenvalue weighted by molar-refractivity contribution is 9.24. The first-order valence-corrected chi connectivity index (χ1v) is 16.5. The number of hydrogen-bond donors (Lipinski definition) is 6. The lowest BCUT2D eigenvalue weighted by molar-refractivity contribution is -0.132. The van der Waals surface area contributed by atoms with Crippen molar-refractivity contribution < 1.29 is 59.2 Å². The number of hydrogen-bond acceptors (Lipinski definition) is 10. The molecule has 12 nitrogen and oxygen atoms in total. The number of aliphatic carboxylic acids is 2. The topological polar surface area (TPSA) is 192 Å². The van der Waals surface area contributed by atoms with Gasteiger partial charge >= 0.3 is 11.9 Å². The molecule has 2 aromatic carbocycles. The van der Waals surface area contributed by atoms with Gasteiger partial charge in [0.25, 0.3) is 0 Å². The van der Waals surface area contributed by atoms with Gasteiger partial charge < -0.3 is 49.6 Å². The first kappa shape index (κ1) is 39.3. The van der Waals surface area contributed by atoms with Gasteiger partial charge in [0.2, 0.25) is 12.6 Å². The fourth-order valence-corrected chi connectivity index (χ4v) is 6.39. The average molecular weight is 892 g/mol. The highest BCUT2D eigenvalue weighted by Crippen LogP contribution is 2.52. The van der Waals surface area contributed by atoms with Gasteiger partial charge in [0.1, 0.15) is 24.7 Å². The monoisotopic (exact) mass is 888 g/mol. The fraction of sp³-hybridized carbons (Fsp3) is 0.379. The number of aliphatic hydroxyl groups is 4. The van der Waals surface area contributed by atoms with Crippen LogP contribution in [0.5, 0.6) is 11.5 Å². The van der Waals surface area contributed by atoms with Gasteiger partial charge in [-0.15, -0.1) is 0 Å². The highest BCUT2D eigenvalue weighted by Gasteiger charge is 2.41. The second-order valence-corrected chi connectivity index (χ2v) is 13.9. The van der Waals surface area contributed by atoms with Crippen molar-refractivity contribution in [3.8, 4) is 11.5 Å². The molecule has 0 saturated heterocycles. The maximum atomic E-state index is 11.7. The molecule has 0 aliphatic heterocycles. The normalized spacial score (nSPS) is 14.5. The van der Waals surface area contributed by atoms with Gasteiger partial charge in [0.15, 0.2) is 0 Å². The van der Waals surface area contributed by atoms with Crippen molar-refractivity contribution in [2.45, 2.75) is 28.7 Å². The zero-order valence-corrected chi connectivity index (χ0v) is 30.1. The van der Waals surface area contributed by atoms with Crippen LogP contribution in [-0.2, 0) is 24.5 Å². The number of aliphatic hydroxyl groups excluding tert-OH is 4. The average Bonchev–Trinajstić information content (AvgIpc) is 2.98. The van der Waals surface area contributed by atoms with Gasteiger partial charge in [0.05, 0.1) is 34.6 Å². The Labute approximate surface area is 292 Å². The van der Waals surface area contributed by atoms with E-state index in [2.05, 4.69) is 63.7 Å². The quantitative estimate of drug-likeness (QED) is 0.0510. The summed E-state index contributed by atoms with van der Waals surface area (Å²) in [7, 11) is 0. The lowest BCUT2D eigenvalue weighted by atomic mass is 9.74. The highest BCUT2D eigenvalue weighted by atomic mass is 79.9. The van der Waals surface area contributed by atoms with Crippen LogP contribution < -0.4 is 9.47 Å². The summed E-state index contributed by atoms with van der Waals surface area (Å²) in [5.74, 6) is -2.26. The molecule has 2 rings (SSSR count). The first-order chi connectivity index (χ1) is 21.3. The summed E-state index contributed by atoms with van der Waals surface area (Å²) in [6, 6.07) is 6.70. The Morgan fingerprint density at radius 1 is 0.822 bits per heavy atom. The maximum absolute atomic E-state index is 11.7. The minimum atomic E-state index is -1.54. The van der Waals surface area contributed by atoms with Crippen LogP contribution in [-0.4, -0.2) is 98.5 Å². The first-order valence-electron chi connectivity index (χ1n) is 13.1. The van der Waals surface area contributed by atoms with Gasteiger partial charge in [-0.25, -0.2) is 9.59 Å². The molecule has 248 valence electrons. The summed E-state index contributed by atoms with van der Waals surface area (Å²) in [6.45, 7) is 0.876. The molecular weight excluding hydrogens is 860 g/mol. The van der Waals surface area contributed by atoms with E-state index < -0.39 is 33.7 Å². The largest absolute Gasteiger partial charge is 0.478 e. The Hall–Kier alpha value is -1.86. The summed E-state index contributed by atoms with van der Waals surface area (Å²) in [5.41, 5.74) is 0.496. The molecule has 0 aromatic heterocycles. The van der Waals surface area contributed by atoms with Crippen molar-refractivity contribution in [1.82, 2.24) is 0 Å². The standard InChI is InChI=1S/C29H32Br4O12/c1-29(28(32)33,16-2-4-17(5-3-16)44-22(40)14-42-12-10-34)24-18(6-8-20(36)37)19(7-9-21(38)39)27(26(31)25(24)30)45-23(41)15-43-13-11-35/h2-9,22-23,28,34-35,40-41H,10-15H2,1H3,(H,36,37)(H,38,39). The third-order valence-corrected chi connectivity index (χ3v) is 10.0. The lowest BCUT2D eigenvalue weighted by Gasteiger charge is -2.37. The van der Waals surface area contributed by atoms with Gasteiger partial charge in [-0.3, -0.25) is 0 Å². The van der Waals surface area contributed by atoms with Crippen molar-refractivity contribution in [1.29, 1.82) is 0 Å². The molecule has 0 saturated carbocycles. The maximum Gasteiger partial charge on any atom is 0.328 e. The van der Waals surface area contributed by atoms with Crippen molar-refractivity contribution in [3.05, 3.63) is 67.6 Å². The van der Waals surface area contributed by atoms with Crippen LogP contribution in [0, 0.1) is 0 Å². The van der Waals surface area contributed by atoms with Crippen molar-refractivity contribution in [2.24, 2.45) is 0 Å². The van der Waals surface area contributed by atoms with Gasteiger partial charge in [-0.1, -0.05) is 44.0 Å². The number of carboxylic acids is 2. The third kappa shape index (κ3) is 11.1. The summed E-state index contributed by atoms with van der Waals surface area (Å²) >= 11 is 14.4. The predicted molar refractivity (Wildman–Crippen MR) is 179 cm³/mol. The Bertz CT molecular complexity index is 1350. The van der Waals surface area contributed by atoms with E-state index in [9.17, 15) is 30.0 Å². The molecule has 3 atom stereocenters. The van der Waals surface area contributed by atoms with E-state index in [4.69, 9.17) is 29.2 Å². The van der Waals surface area contributed by atoms with Crippen LogP contribution in [0.4, 0.5) is 0 Å². The number of rotatable bonds is 19. The molecular formula is C29H32Br4O12. The number of halogens is 4. The summed E-state index contributed by atoms with van der Waals surface area (Å²) in [6.07, 6.45) is 1.42. The van der Waals surface area contributed by atoms with Crippen LogP contribution in [0.3, 0.4) is 0 Å².